The molecule has 2 heterocycles. The molecule has 0 saturated heterocycles. The van der Waals surface area contributed by atoms with Crippen molar-refractivity contribution in [1.29, 1.82) is 0 Å². The first-order chi connectivity index (χ1) is 28.6. The second kappa shape index (κ2) is 25.0. The maximum atomic E-state index is 12.8. The Morgan fingerprint density at radius 1 is 0.817 bits per heavy atom. The van der Waals surface area contributed by atoms with E-state index in [-0.39, 0.29) is 52.6 Å². The van der Waals surface area contributed by atoms with Crippen molar-refractivity contribution in [2.75, 3.05) is 29.0 Å². The highest BCUT2D eigenvalue weighted by Crippen LogP contribution is 2.22. The number of carbonyl (C=O) groups is 6. The van der Waals surface area contributed by atoms with Crippen LogP contribution in [-0.4, -0.2) is 63.2 Å². The lowest BCUT2D eigenvalue weighted by Gasteiger charge is -2.13. The smallest absolute Gasteiger partial charge is 0.323 e. The Morgan fingerprint density at radius 2 is 1.55 bits per heavy atom. The first kappa shape index (κ1) is 48.6. The zero-order valence-corrected chi connectivity index (χ0v) is 36.1. The maximum absolute atomic E-state index is 12.8. The minimum absolute atomic E-state index is 0.0858. The topological polar surface area (TPSA) is 197 Å². The van der Waals surface area contributed by atoms with Gasteiger partial charge in [0.05, 0.1) is 17.9 Å². The number of ketones is 4. The summed E-state index contributed by atoms with van der Waals surface area (Å²) in [6.07, 6.45) is 7.84. The summed E-state index contributed by atoms with van der Waals surface area (Å²) in [5.41, 5.74) is 5.08. The van der Waals surface area contributed by atoms with Gasteiger partial charge in [-0.2, -0.15) is 0 Å². The number of hydrogen-bond donors (Lipinski definition) is 5. The molecule has 14 heteroatoms. The number of aliphatic hydroxyl groups is 1. The molecule has 0 spiro atoms. The summed E-state index contributed by atoms with van der Waals surface area (Å²) in [6.45, 7) is 11.1. The van der Waals surface area contributed by atoms with Gasteiger partial charge >= 0.3 is 6.03 Å². The zero-order valence-electron chi connectivity index (χ0n) is 35.3. The first-order valence-electron chi connectivity index (χ1n) is 20.2. The molecule has 0 aliphatic carbocycles. The van der Waals surface area contributed by atoms with Gasteiger partial charge in [-0.1, -0.05) is 56.6 Å². The van der Waals surface area contributed by atoms with Crippen molar-refractivity contribution in [2.24, 2.45) is 11.8 Å². The second-order valence-electron chi connectivity index (χ2n) is 14.7. The third kappa shape index (κ3) is 16.1. The quantitative estimate of drug-likeness (QED) is 0.0308. The van der Waals surface area contributed by atoms with Crippen LogP contribution >= 0.6 is 11.6 Å². The molecule has 60 heavy (non-hydrogen) atoms. The van der Waals surface area contributed by atoms with Crippen molar-refractivity contribution in [3.63, 3.8) is 0 Å². The van der Waals surface area contributed by atoms with Crippen molar-refractivity contribution < 1.29 is 33.9 Å². The van der Waals surface area contributed by atoms with Gasteiger partial charge in [-0.05, 0) is 101 Å². The van der Waals surface area contributed by atoms with Crippen LogP contribution in [0.4, 0.5) is 21.9 Å². The average molecular weight is 841 g/mol. The molecule has 13 nitrogen and oxygen atoms in total. The molecular weight excluding hydrogens is 784 g/mol. The highest BCUT2D eigenvalue weighted by atomic mass is 35.5. The van der Waals surface area contributed by atoms with Gasteiger partial charge in [0.1, 0.15) is 16.7 Å². The number of aromatic nitrogens is 2. The van der Waals surface area contributed by atoms with Crippen LogP contribution < -0.4 is 21.3 Å². The third-order valence-electron chi connectivity index (χ3n) is 9.76. The van der Waals surface area contributed by atoms with E-state index < -0.39 is 6.03 Å². The highest BCUT2D eigenvalue weighted by molar-refractivity contribution is 6.29. The number of unbranched alkanes of at least 4 members (excludes halogenated alkanes) is 1. The Morgan fingerprint density at radius 3 is 2.22 bits per heavy atom. The number of hydrogen-bond acceptors (Lipinski definition) is 10. The number of carbonyl (C=O) groups excluding carboxylic acids is 6. The molecular formula is C46H57ClN6O7. The van der Waals surface area contributed by atoms with E-state index in [2.05, 4.69) is 31.2 Å². The fraction of sp³-hybridized carbons (Fsp3) is 0.391. The van der Waals surface area contributed by atoms with E-state index in [4.69, 9.17) is 11.6 Å². The largest absolute Gasteiger partial charge is 0.392 e. The van der Waals surface area contributed by atoms with Crippen molar-refractivity contribution >= 4 is 63.7 Å². The molecule has 0 radical (unpaired) electrons. The van der Waals surface area contributed by atoms with Gasteiger partial charge in [0.25, 0.3) is 5.91 Å². The number of Topliss-reactive ketones (excluding diaryl/α,β-unsaturated/α-hetero) is 4. The van der Waals surface area contributed by atoms with Crippen LogP contribution in [0.1, 0.15) is 122 Å². The molecule has 1 atom stereocenters. The number of rotatable bonds is 21. The molecule has 0 bridgehead atoms. The number of anilines is 3. The number of nitrogens with zero attached hydrogens (tertiary/aromatic N) is 2. The Kier molecular flexibility index (Phi) is 20.2. The summed E-state index contributed by atoms with van der Waals surface area (Å²) >= 11 is 5.92. The van der Waals surface area contributed by atoms with Crippen molar-refractivity contribution in [3.05, 3.63) is 112 Å². The number of aryl methyl sites for hydroxylation is 2. The molecule has 0 saturated carbocycles. The first-order valence-corrected chi connectivity index (χ1v) is 20.6. The number of benzene rings is 2. The van der Waals surface area contributed by atoms with E-state index in [1.165, 1.54) is 26.1 Å². The SMILES string of the molecule is CC(=O)c1cccc(NCCCCNC(=O)c2cccc(CCc3cc(NC(=O)Nc4cc(Cl)ncc4CO)ccn3)c2)c1C(C)=O.CCC(CCC(=O)C(C)C)C(C)=O. The number of pyridine rings is 2. The second-order valence-corrected chi connectivity index (χ2v) is 15.1. The standard InChI is InChI=1S/C35H37ClN6O5.C11H20O2/c1-22(44)29-9-6-10-30(33(29)23(2)45)38-14-3-4-15-39-34(46)25-8-5-7-24(17-25)11-12-27-18-28(13-16-37-27)41-35(47)42-31-19-32(36)40-20-26(31)21-43;1-5-10(9(4)12)6-7-11(13)8(2)3/h5-10,13,16-20,38,43H,3-4,11-12,14-15,21H2,1-2H3,(H,39,46)(H2,37,40,41,42,47);8,10H,5-7H2,1-4H3. The fourth-order valence-electron chi connectivity index (χ4n) is 6.27. The molecule has 5 N–H and O–H groups in total. The lowest BCUT2D eigenvalue weighted by atomic mass is 9.93. The summed E-state index contributed by atoms with van der Waals surface area (Å²) in [4.78, 5) is 80.0. The molecule has 0 aliphatic rings. The summed E-state index contributed by atoms with van der Waals surface area (Å²) in [7, 11) is 0. The Balaban J connectivity index is 0.000000636. The Labute approximate surface area is 357 Å². The van der Waals surface area contributed by atoms with E-state index in [1.54, 1.807) is 49.5 Å². The van der Waals surface area contributed by atoms with Crippen LogP contribution in [0.25, 0.3) is 0 Å². The highest BCUT2D eigenvalue weighted by Gasteiger charge is 2.17. The molecule has 3 amide bonds. The normalized spacial score (nSPS) is 11.2. The van der Waals surface area contributed by atoms with Crippen molar-refractivity contribution in [3.8, 4) is 0 Å². The molecule has 1 unspecified atom stereocenters. The fourth-order valence-corrected chi connectivity index (χ4v) is 6.43. The van der Waals surface area contributed by atoms with Crippen LogP contribution in [-0.2, 0) is 29.0 Å². The minimum Gasteiger partial charge on any atom is -0.392 e. The maximum Gasteiger partial charge on any atom is 0.323 e. The van der Waals surface area contributed by atoms with Crippen LogP contribution in [0.3, 0.4) is 0 Å². The lowest BCUT2D eigenvalue weighted by Crippen LogP contribution is -2.25. The average Bonchev–Trinajstić information content (AvgIpc) is 3.21. The van der Waals surface area contributed by atoms with E-state index in [1.807, 2.05) is 39.0 Å². The van der Waals surface area contributed by atoms with Crippen LogP contribution in [0, 0.1) is 11.8 Å². The van der Waals surface area contributed by atoms with E-state index in [9.17, 15) is 33.9 Å². The Hall–Kier alpha value is -5.79. The van der Waals surface area contributed by atoms with E-state index in [0.717, 1.165) is 36.9 Å². The summed E-state index contributed by atoms with van der Waals surface area (Å²) in [5.74, 6) is 0.175. The van der Waals surface area contributed by atoms with Gasteiger partial charge in [-0.15, -0.1) is 0 Å². The van der Waals surface area contributed by atoms with Crippen molar-refractivity contribution in [1.82, 2.24) is 15.3 Å². The number of aliphatic hydroxyl groups excluding tert-OH is 1. The third-order valence-corrected chi connectivity index (χ3v) is 9.96. The molecule has 0 aliphatic heterocycles. The summed E-state index contributed by atoms with van der Waals surface area (Å²) < 4.78 is 0. The Bertz CT molecular complexity index is 2120. The monoisotopic (exact) mass is 840 g/mol. The molecule has 320 valence electrons. The van der Waals surface area contributed by atoms with Crippen molar-refractivity contribution in [2.45, 2.75) is 93.1 Å². The molecule has 2 aromatic heterocycles. The summed E-state index contributed by atoms with van der Waals surface area (Å²) in [5, 5.41) is 21.3. The van der Waals surface area contributed by atoms with Gasteiger partial charge in [0.15, 0.2) is 11.6 Å². The molecule has 4 rings (SSSR count). The van der Waals surface area contributed by atoms with E-state index >= 15 is 0 Å². The number of urea groups is 1. The number of nitrogens with one attached hydrogen (secondary N) is 4. The van der Waals surface area contributed by atoms with Gasteiger partial charge in [-0.3, -0.25) is 29.0 Å². The van der Waals surface area contributed by atoms with Crippen LogP contribution in [0.15, 0.2) is 73.1 Å². The minimum atomic E-state index is -0.504. The summed E-state index contributed by atoms with van der Waals surface area (Å²) in [6, 6.07) is 17.0. The van der Waals surface area contributed by atoms with Gasteiger partial charge in [-0.25, -0.2) is 9.78 Å². The van der Waals surface area contributed by atoms with Crippen LogP contribution in [0.5, 0.6) is 0 Å². The predicted octanol–water partition coefficient (Wildman–Crippen LogP) is 8.69. The molecule has 4 aromatic rings. The number of halogens is 1. The number of amides is 3. The lowest BCUT2D eigenvalue weighted by molar-refractivity contribution is -0.123. The van der Waals surface area contributed by atoms with Gasteiger partial charge in [0, 0.05) is 77.5 Å². The molecule has 2 aromatic carbocycles. The van der Waals surface area contributed by atoms with Gasteiger partial charge < -0.3 is 26.4 Å². The predicted molar refractivity (Wildman–Crippen MR) is 236 cm³/mol. The van der Waals surface area contributed by atoms with Crippen LogP contribution in [0.2, 0.25) is 5.15 Å². The van der Waals surface area contributed by atoms with E-state index in [0.29, 0.717) is 71.7 Å². The van der Waals surface area contributed by atoms with Gasteiger partial charge in [0.2, 0.25) is 0 Å². The zero-order chi connectivity index (χ0) is 44.2. The molecule has 0 fully saturated rings.